The van der Waals surface area contributed by atoms with Crippen molar-refractivity contribution in [3.8, 4) is 0 Å². The molecule has 140 valence electrons. The summed E-state index contributed by atoms with van der Waals surface area (Å²) in [5.74, 6) is -1.38. The molecule has 0 bridgehead atoms. The molecule has 1 aromatic rings. The van der Waals surface area contributed by atoms with Crippen LogP contribution in [0.15, 0.2) is 24.3 Å². The number of benzene rings is 1. The second kappa shape index (κ2) is 7.94. The Hall–Kier alpha value is -2.29. The molecule has 2 amide bonds. The highest BCUT2D eigenvalue weighted by molar-refractivity contribution is 6.22. The standard InChI is InChI=1S/C18H23N3O5/c22-10-9-19-5-7-20(8-6-19)15-12-16(23)21(18(15)26)14-3-1-13(2-4-14)11-17(24)25/h1-4,15,22H,5-12H2,(H,24,25). The third-order valence-corrected chi connectivity index (χ3v) is 4.94. The van der Waals surface area contributed by atoms with Gasteiger partial charge in [0, 0.05) is 32.7 Å². The van der Waals surface area contributed by atoms with Crippen LogP contribution in [-0.2, 0) is 20.8 Å². The molecule has 1 unspecified atom stereocenters. The van der Waals surface area contributed by atoms with E-state index in [2.05, 4.69) is 4.90 Å². The van der Waals surface area contributed by atoms with Gasteiger partial charge in [0.2, 0.25) is 5.91 Å². The largest absolute Gasteiger partial charge is 0.481 e. The number of rotatable bonds is 6. The highest BCUT2D eigenvalue weighted by Gasteiger charge is 2.43. The highest BCUT2D eigenvalue weighted by atomic mass is 16.4. The van der Waals surface area contributed by atoms with Crippen molar-refractivity contribution in [1.82, 2.24) is 9.80 Å². The van der Waals surface area contributed by atoms with E-state index in [9.17, 15) is 14.4 Å². The van der Waals surface area contributed by atoms with E-state index in [0.29, 0.717) is 30.9 Å². The van der Waals surface area contributed by atoms with Crippen LogP contribution in [0.25, 0.3) is 0 Å². The van der Waals surface area contributed by atoms with E-state index in [0.717, 1.165) is 13.1 Å². The van der Waals surface area contributed by atoms with Crippen molar-refractivity contribution in [2.24, 2.45) is 0 Å². The van der Waals surface area contributed by atoms with E-state index < -0.39 is 12.0 Å². The van der Waals surface area contributed by atoms with Gasteiger partial charge in [-0.2, -0.15) is 0 Å². The Labute approximate surface area is 151 Å². The van der Waals surface area contributed by atoms with Gasteiger partial charge in [-0.25, -0.2) is 4.90 Å². The zero-order chi connectivity index (χ0) is 18.7. The van der Waals surface area contributed by atoms with Gasteiger partial charge in [0.25, 0.3) is 5.91 Å². The van der Waals surface area contributed by atoms with Gasteiger partial charge in [-0.1, -0.05) is 12.1 Å². The number of β-amino-alcohol motifs (C(OH)–C–C–N with tert-alkyl or cyclic N) is 1. The number of nitrogens with zero attached hydrogens (tertiary/aromatic N) is 3. The summed E-state index contributed by atoms with van der Waals surface area (Å²) in [6.07, 6.45) is 0.0681. The van der Waals surface area contributed by atoms with E-state index in [1.165, 1.54) is 4.90 Å². The van der Waals surface area contributed by atoms with Gasteiger partial charge >= 0.3 is 5.97 Å². The van der Waals surface area contributed by atoms with E-state index in [4.69, 9.17) is 10.2 Å². The van der Waals surface area contributed by atoms with Crippen LogP contribution >= 0.6 is 0 Å². The predicted octanol–water partition coefficient (Wildman–Crippen LogP) is -0.444. The first-order chi connectivity index (χ1) is 12.5. The lowest BCUT2D eigenvalue weighted by molar-refractivity contribution is -0.136. The molecule has 26 heavy (non-hydrogen) atoms. The molecule has 2 aliphatic heterocycles. The zero-order valence-electron chi connectivity index (χ0n) is 14.5. The average molecular weight is 361 g/mol. The van der Waals surface area contributed by atoms with E-state index >= 15 is 0 Å². The number of hydrogen-bond donors (Lipinski definition) is 2. The maximum Gasteiger partial charge on any atom is 0.307 e. The summed E-state index contributed by atoms with van der Waals surface area (Å²) in [6, 6.07) is 6.05. The van der Waals surface area contributed by atoms with Crippen molar-refractivity contribution in [2.45, 2.75) is 18.9 Å². The van der Waals surface area contributed by atoms with Crippen LogP contribution in [0.5, 0.6) is 0 Å². The predicted molar refractivity (Wildman–Crippen MR) is 93.8 cm³/mol. The second-order valence-corrected chi connectivity index (χ2v) is 6.63. The molecule has 1 atom stereocenters. The summed E-state index contributed by atoms with van der Waals surface area (Å²) in [5.41, 5.74) is 1.10. The average Bonchev–Trinajstić information content (AvgIpc) is 2.91. The van der Waals surface area contributed by atoms with Crippen LogP contribution in [0.3, 0.4) is 0 Å². The number of carboxylic acids is 1. The van der Waals surface area contributed by atoms with Crippen LogP contribution in [0.1, 0.15) is 12.0 Å². The summed E-state index contributed by atoms with van der Waals surface area (Å²) >= 11 is 0. The van der Waals surface area contributed by atoms with Crippen LogP contribution in [0.2, 0.25) is 0 Å². The quantitative estimate of drug-likeness (QED) is 0.662. The van der Waals surface area contributed by atoms with Crippen LogP contribution in [0, 0.1) is 0 Å². The van der Waals surface area contributed by atoms with Crippen LogP contribution < -0.4 is 4.90 Å². The molecule has 0 aliphatic carbocycles. The molecular weight excluding hydrogens is 338 g/mol. The van der Waals surface area contributed by atoms with Gasteiger partial charge in [0.1, 0.15) is 0 Å². The minimum atomic E-state index is -0.925. The number of imide groups is 1. The first-order valence-electron chi connectivity index (χ1n) is 8.74. The molecule has 8 nitrogen and oxygen atoms in total. The fraction of sp³-hybridized carbons (Fsp3) is 0.500. The third kappa shape index (κ3) is 3.92. The summed E-state index contributed by atoms with van der Waals surface area (Å²) in [7, 11) is 0. The normalized spacial score (nSPS) is 22.2. The van der Waals surface area contributed by atoms with E-state index in [1.54, 1.807) is 24.3 Å². The SMILES string of the molecule is O=C(O)Cc1ccc(N2C(=O)CC(N3CCN(CCO)CC3)C2=O)cc1. The Morgan fingerprint density at radius 2 is 1.73 bits per heavy atom. The first kappa shape index (κ1) is 18.5. The molecule has 8 heteroatoms. The van der Waals surface area contributed by atoms with Gasteiger partial charge in [-0.05, 0) is 17.7 Å². The van der Waals surface area contributed by atoms with Gasteiger partial charge in [0.05, 0.1) is 31.2 Å². The maximum atomic E-state index is 12.8. The fourth-order valence-corrected chi connectivity index (χ4v) is 3.55. The molecule has 2 saturated heterocycles. The molecule has 2 aliphatic rings. The highest BCUT2D eigenvalue weighted by Crippen LogP contribution is 2.26. The molecule has 1 aromatic carbocycles. The molecular formula is C18H23N3O5. The number of hydrogen-bond acceptors (Lipinski definition) is 6. The Balaban J connectivity index is 1.66. The number of anilines is 1. The van der Waals surface area contributed by atoms with Gasteiger partial charge in [-0.3, -0.25) is 24.2 Å². The number of carbonyl (C=O) groups excluding carboxylic acids is 2. The topological polar surface area (TPSA) is 101 Å². The Morgan fingerprint density at radius 3 is 2.31 bits per heavy atom. The monoisotopic (exact) mass is 361 g/mol. The van der Waals surface area contributed by atoms with Crippen molar-refractivity contribution in [1.29, 1.82) is 0 Å². The van der Waals surface area contributed by atoms with E-state index in [-0.39, 0.29) is 31.3 Å². The zero-order valence-corrected chi connectivity index (χ0v) is 14.5. The Bertz CT molecular complexity index is 683. The van der Waals surface area contributed by atoms with E-state index in [1.807, 2.05) is 4.90 Å². The molecule has 3 rings (SSSR count). The second-order valence-electron chi connectivity index (χ2n) is 6.63. The summed E-state index contributed by atoms with van der Waals surface area (Å²) in [5, 5.41) is 17.8. The lowest BCUT2D eigenvalue weighted by atomic mass is 10.1. The van der Waals surface area contributed by atoms with Gasteiger partial charge in [-0.15, -0.1) is 0 Å². The van der Waals surface area contributed by atoms with Crippen molar-refractivity contribution >= 4 is 23.5 Å². The number of carboxylic acid groups (broad SMARTS) is 1. The maximum absolute atomic E-state index is 12.8. The molecule has 2 fully saturated rings. The fourth-order valence-electron chi connectivity index (χ4n) is 3.55. The van der Waals surface area contributed by atoms with Gasteiger partial charge < -0.3 is 10.2 Å². The number of aliphatic hydroxyl groups is 1. The summed E-state index contributed by atoms with van der Waals surface area (Å²) in [4.78, 5) is 41.3. The number of piperazine rings is 1. The lowest BCUT2D eigenvalue weighted by Gasteiger charge is -2.36. The van der Waals surface area contributed by atoms with Crippen molar-refractivity contribution in [3.63, 3.8) is 0 Å². The lowest BCUT2D eigenvalue weighted by Crippen LogP contribution is -2.52. The molecule has 0 saturated carbocycles. The Kier molecular flexibility index (Phi) is 5.65. The minimum absolute atomic E-state index is 0.0943. The number of aliphatic hydroxyl groups excluding tert-OH is 1. The van der Waals surface area contributed by atoms with Crippen molar-refractivity contribution in [2.75, 3.05) is 44.2 Å². The molecule has 0 aromatic heterocycles. The number of carbonyl (C=O) groups is 3. The van der Waals surface area contributed by atoms with Gasteiger partial charge in [0.15, 0.2) is 0 Å². The minimum Gasteiger partial charge on any atom is -0.481 e. The molecule has 0 radical (unpaired) electrons. The van der Waals surface area contributed by atoms with Crippen LogP contribution in [-0.4, -0.2) is 83.2 Å². The van der Waals surface area contributed by atoms with Crippen molar-refractivity contribution in [3.05, 3.63) is 29.8 Å². The first-order valence-corrected chi connectivity index (χ1v) is 8.74. The number of amides is 2. The smallest absolute Gasteiger partial charge is 0.307 e. The molecule has 2 N–H and O–H groups in total. The number of aliphatic carboxylic acids is 1. The van der Waals surface area contributed by atoms with Crippen molar-refractivity contribution < 1.29 is 24.6 Å². The summed E-state index contributed by atoms with van der Waals surface area (Å²) < 4.78 is 0. The molecule has 2 heterocycles. The van der Waals surface area contributed by atoms with Crippen LogP contribution in [0.4, 0.5) is 5.69 Å². The molecule has 0 spiro atoms. The third-order valence-electron chi connectivity index (χ3n) is 4.94. The Morgan fingerprint density at radius 1 is 1.08 bits per heavy atom. The summed E-state index contributed by atoms with van der Waals surface area (Å²) in [6.45, 7) is 3.65.